The molecule has 0 rings (SSSR count). The van der Waals surface area contributed by atoms with E-state index in [0.29, 0.717) is 0 Å². The van der Waals surface area contributed by atoms with E-state index in [1.165, 1.54) is 69.1 Å². The van der Waals surface area contributed by atoms with Crippen LogP contribution in [0.3, 0.4) is 0 Å². The molecule has 0 aliphatic heterocycles. The Kier molecular flexibility index (Phi) is 13.8. The molecular weight excluding hydrogens is 272 g/mol. The Bertz CT molecular complexity index is 246. The Balaban J connectivity index is 3.48. The van der Waals surface area contributed by atoms with E-state index in [0.717, 1.165) is 17.8 Å². The molecule has 0 saturated carbocycles. The van der Waals surface area contributed by atoms with Crippen LogP contribution in [0.4, 0.5) is 0 Å². The van der Waals surface area contributed by atoms with Crippen LogP contribution in [0.2, 0.25) is 0 Å². The maximum Gasteiger partial charge on any atom is -0.0140 e. The molecule has 0 saturated heterocycles. The highest BCUT2D eigenvalue weighted by molar-refractivity contribution is 8.02. The van der Waals surface area contributed by atoms with Gasteiger partial charge in [0.1, 0.15) is 0 Å². The summed E-state index contributed by atoms with van der Waals surface area (Å²) in [5.41, 5.74) is 0. The second-order valence-corrected chi connectivity index (χ2v) is 8.21. The lowest BCUT2D eigenvalue weighted by Gasteiger charge is -2.15. The molecule has 0 bridgehead atoms. The molecule has 0 spiro atoms. The minimum absolute atomic E-state index is 0.895. The largest absolute Gasteiger partial charge is 0.135 e. The van der Waals surface area contributed by atoms with Crippen molar-refractivity contribution in [2.24, 2.45) is 17.8 Å². The average Bonchev–Trinajstić information content (AvgIpc) is 2.46. The standard InChI is InChI=1S/C20H40S/c1-7-17(2)11-8-12-18(3)13-9-14-19(4)15-10-16-20(5)21-6/h17-19H,5,7-16H2,1-4,6H3. The van der Waals surface area contributed by atoms with Gasteiger partial charge >= 0.3 is 0 Å². The van der Waals surface area contributed by atoms with Crippen molar-refractivity contribution >= 4 is 11.8 Å². The Morgan fingerprint density at radius 3 is 1.67 bits per heavy atom. The molecule has 3 atom stereocenters. The third kappa shape index (κ3) is 13.5. The number of hydrogen-bond acceptors (Lipinski definition) is 1. The van der Waals surface area contributed by atoms with Gasteiger partial charge in [0.2, 0.25) is 0 Å². The molecule has 1 heteroatoms. The first-order chi connectivity index (χ1) is 9.99. The third-order valence-corrected chi connectivity index (χ3v) is 5.71. The van der Waals surface area contributed by atoms with E-state index in [1.54, 1.807) is 0 Å². The fourth-order valence-corrected chi connectivity index (χ4v) is 3.22. The van der Waals surface area contributed by atoms with Crippen LogP contribution in [0.5, 0.6) is 0 Å². The minimum Gasteiger partial charge on any atom is -0.135 e. The smallest absolute Gasteiger partial charge is 0.0140 e. The van der Waals surface area contributed by atoms with E-state index in [9.17, 15) is 0 Å². The molecule has 0 N–H and O–H groups in total. The first-order valence-electron chi connectivity index (χ1n) is 9.21. The number of rotatable bonds is 14. The molecule has 0 aliphatic rings. The van der Waals surface area contributed by atoms with Crippen molar-refractivity contribution in [1.29, 1.82) is 0 Å². The van der Waals surface area contributed by atoms with E-state index in [1.807, 2.05) is 11.8 Å². The van der Waals surface area contributed by atoms with Gasteiger partial charge in [0.05, 0.1) is 0 Å². The van der Waals surface area contributed by atoms with Gasteiger partial charge in [-0.25, -0.2) is 0 Å². The second-order valence-electron chi connectivity index (χ2n) is 7.22. The first kappa shape index (κ1) is 21.1. The Labute approximate surface area is 139 Å². The SMILES string of the molecule is C=C(CCCC(C)CCCC(C)CCCC(C)CC)SC. The molecule has 0 aromatic carbocycles. The average molecular weight is 313 g/mol. The predicted molar refractivity (Wildman–Crippen MR) is 102 cm³/mol. The first-order valence-corrected chi connectivity index (χ1v) is 10.4. The fraction of sp³-hybridized carbons (Fsp3) is 0.900. The monoisotopic (exact) mass is 312 g/mol. The van der Waals surface area contributed by atoms with Gasteiger partial charge in [-0.3, -0.25) is 0 Å². The molecule has 0 aromatic heterocycles. The van der Waals surface area contributed by atoms with E-state index >= 15 is 0 Å². The summed E-state index contributed by atoms with van der Waals surface area (Å²) in [5, 5.41) is 0. The predicted octanol–water partition coefficient (Wildman–Crippen LogP) is 7.69. The van der Waals surface area contributed by atoms with Crippen LogP contribution in [0.15, 0.2) is 11.5 Å². The quantitative estimate of drug-likeness (QED) is 0.317. The second kappa shape index (κ2) is 13.7. The summed E-state index contributed by atoms with van der Waals surface area (Å²) in [6, 6.07) is 0. The summed E-state index contributed by atoms with van der Waals surface area (Å²) in [4.78, 5) is 1.34. The molecule has 21 heavy (non-hydrogen) atoms. The van der Waals surface area contributed by atoms with Gasteiger partial charge in [0.25, 0.3) is 0 Å². The van der Waals surface area contributed by atoms with E-state index in [-0.39, 0.29) is 0 Å². The zero-order chi connectivity index (χ0) is 16.1. The van der Waals surface area contributed by atoms with Crippen molar-refractivity contribution in [3.8, 4) is 0 Å². The zero-order valence-corrected chi connectivity index (χ0v) is 16.2. The van der Waals surface area contributed by atoms with Crippen molar-refractivity contribution < 1.29 is 0 Å². The lowest BCUT2D eigenvalue weighted by atomic mass is 9.91. The van der Waals surface area contributed by atoms with Crippen molar-refractivity contribution in [2.45, 2.75) is 91.9 Å². The minimum atomic E-state index is 0.895. The normalized spacial score (nSPS) is 15.7. The number of thioether (sulfide) groups is 1. The molecule has 3 unspecified atom stereocenters. The third-order valence-electron chi connectivity index (χ3n) is 4.93. The van der Waals surface area contributed by atoms with Crippen LogP contribution in [-0.2, 0) is 0 Å². The molecule has 0 nitrogen and oxygen atoms in total. The molecular formula is C20H40S. The molecule has 0 aliphatic carbocycles. The molecule has 0 fully saturated rings. The van der Waals surface area contributed by atoms with Crippen molar-refractivity contribution in [3.63, 3.8) is 0 Å². The van der Waals surface area contributed by atoms with Gasteiger partial charge in [0, 0.05) is 0 Å². The van der Waals surface area contributed by atoms with E-state index < -0.39 is 0 Å². The topological polar surface area (TPSA) is 0 Å². The summed E-state index contributed by atoms with van der Waals surface area (Å²) in [6.07, 6.45) is 16.0. The Morgan fingerprint density at radius 2 is 1.24 bits per heavy atom. The molecule has 0 amide bonds. The number of allylic oxidation sites excluding steroid dienone is 1. The highest BCUT2D eigenvalue weighted by Crippen LogP contribution is 2.23. The molecule has 0 radical (unpaired) electrons. The van der Waals surface area contributed by atoms with Crippen molar-refractivity contribution in [1.82, 2.24) is 0 Å². The number of hydrogen-bond donors (Lipinski definition) is 0. The van der Waals surface area contributed by atoms with Crippen LogP contribution < -0.4 is 0 Å². The lowest BCUT2D eigenvalue weighted by molar-refractivity contribution is 0.383. The van der Waals surface area contributed by atoms with Crippen LogP contribution in [0, 0.1) is 17.8 Å². The van der Waals surface area contributed by atoms with Gasteiger partial charge in [-0.05, 0) is 41.8 Å². The Hall–Kier alpha value is 0.0900. The highest BCUT2D eigenvalue weighted by atomic mass is 32.2. The van der Waals surface area contributed by atoms with Crippen LogP contribution in [-0.4, -0.2) is 6.26 Å². The maximum atomic E-state index is 4.07. The summed E-state index contributed by atoms with van der Waals surface area (Å²) >= 11 is 1.81. The zero-order valence-electron chi connectivity index (χ0n) is 15.4. The Morgan fingerprint density at radius 1 is 0.810 bits per heavy atom. The van der Waals surface area contributed by atoms with Gasteiger partial charge in [-0.1, -0.05) is 85.6 Å². The van der Waals surface area contributed by atoms with Gasteiger partial charge in [0.15, 0.2) is 0 Å². The maximum absolute atomic E-state index is 4.07. The van der Waals surface area contributed by atoms with Gasteiger partial charge in [-0.15, -0.1) is 11.8 Å². The summed E-state index contributed by atoms with van der Waals surface area (Å²) in [5.74, 6) is 2.75. The van der Waals surface area contributed by atoms with Crippen LogP contribution in [0.1, 0.15) is 91.9 Å². The van der Waals surface area contributed by atoms with Crippen molar-refractivity contribution in [2.75, 3.05) is 6.26 Å². The van der Waals surface area contributed by atoms with Gasteiger partial charge < -0.3 is 0 Å². The summed E-state index contributed by atoms with van der Waals surface area (Å²) in [6.45, 7) is 13.6. The van der Waals surface area contributed by atoms with Crippen LogP contribution >= 0.6 is 11.8 Å². The van der Waals surface area contributed by atoms with Crippen molar-refractivity contribution in [3.05, 3.63) is 11.5 Å². The lowest BCUT2D eigenvalue weighted by Crippen LogP contribution is -2.00. The fourth-order valence-electron chi connectivity index (χ4n) is 2.87. The van der Waals surface area contributed by atoms with E-state index in [2.05, 4.69) is 40.5 Å². The van der Waals surface area contributed by atoms with Gasteiger partial charge in [-0.2, -0.15) is 0 Å². The van der Waals surface area contributed by atoms with E-state index in [4.69, 9.17) is 0 Å². The van der Waals surface area contributed by atoms with Crippen LogP contribution in [0.25, 0.3) is 0 Å². The summed E-state index contributed by atoms with van der Waals surface area (Å²) in [7, 11) is 0. The summed E-state index contributed by atoms with van der Waals surface area (Å²) < 4.78 is 0. The molecule has 0 aromatic rings. The molecule has 0 heterocycles. The molecule has 126 valence electrons. The highest BCUT2D eigenvalue weighted by Gasteiger charge is 2.07.